The number of rotatable bonds is 1. The Hall–Kier alpha value is -3.62. The van der Waals surface area contributed by atoms with E-state index in [1.54, 1.807) is 0 Å². The van der Waals surface area contributed by atoms with Crippen molar-refractivity contribution in [1.29, 1.82) is 0 Å². The maximum atomic E-state index is 12.6. The van der Waals surface area contributed by atoms with Crippen molar-refractivity contribution in [2.24, 2.45) is 0 Å². The number of hydrogen-bond donors (Lipinski definition) is 1. The van der Waals surface area contributed by atoms with Crippen LogP contribution in [0.4, 0.5) is 5.69 Å². The van der Waals surface area contributed by atoms with Gasteiger partial charge in [0, 0.05) is 18.2 Å². The first kappa shape index (κ1) is 13.1. The molecule has 4 rings (SSSR count). The van der Waals surface area contributed by atoms with Crippen molar-refractivity contribution >= 4 is 22.4 Å². The fourth-order valence-corrected chi connectivity index (χ4v) is 2.59. The number of nitrogens with zero attached hydrogens (tertiary/aromatic N) is 4. The van der Waals surface area contributed by atoms with Crippen molar-refractivity contribution in [3.63, 3.8) is 0 Å². The lowest BCUT2D eigenvalue weighted by molar-refractivity contribution is -0.384. The highest BCUT2D eigenvalue weighted by Crippen LogP contribution is 2.29. The zero-order valence-electron chi connectivity index (χ0n) is 11.3. The highest BCUT2D eigenvalue weighted by Gasteiger charge is 2.32. The molecule has 0 saturated carbocycles. The maximum Gasteiger partial charge on any atom is 0.270 e. The van der Waals surface area contributed by atoms with E-state index >= 15 is 0 Å². The molecule has 2 aromatic heterocycles. The normalized spacial score (nSPS) is 12.3. The summed E-state index contributed by atoms with van der Waals surface area (Å²) in [5, 5.41) is 20.4. The number of benzene rings is 1. The second kappa shape index (κ2) is 4.19. The maximum absolute atomic E-state index is 12.6. The van der Waals surface area contributed by atoms with Gasteiger partial charge in [0.15, 0.2) is 5.82 Å². The van der Waals surface area contributed by atoms with Gasteiger partial charge in [0.2, 0.25) is 11.7 Å². The summed E-state index contributed by atoms with van der Waals surface area (Å²) in [4.78, 5) is 43.0. The van der Waals surface area contributed by atoms with Crippen LogP contribution in [0.5, 0.6) is 5.88 Å². The van der Waals surface area contributed by atoms with E-state index in [-0.39, 0.29) is 39.5 Å². The van der Waals surface area contributed by atoms with Crippen molar-refractivity contribution in [2.75, 3.05) is 0 Å². The summed E-state index contributed by atoms with van der Waals surface area (Å²) in [5.41, 5.74) is -0.372. The number of nitro groups is 1. The van der Waals surface area contributed by atoms with Gasteiger partial charge in [-0.05, 0) is 6.07 Å². The molecule has 0 radical (unpaired) electrons. The Labute approximate surface area is 126 Å². The van der Waals surface area contributed by atoms with Crippen LogP contribution in [0.15, 0.2) is 35.3 Å². The Kier molecular flexibility index (Phi) is 2.38. The van der Waals surface area contributed by atoms with Crippen LogP contribution in [0.25, 0.3) is 16.6 Å². The van der Waals surface area contributed by atoms with E-state index in [9.17, 15) is 24.8 Å². The Morgan fingerprint density at radius 1 is 1.22 bits per heavy atom. The van der Waals surface area contributed by atoms with E-state index in [0.29, 0.717) is 0 Å². The van der Waals surface area contributed by atoms with Gasteiger partial charge >= 0.3 is 0 Å². The highest BCUT2D eigenvalue weighted by molar-refractivity contribution is 6.13. The third kappa shape index (κ3) is 1.67. The molecule has 23 heavy (non-hydrogen) atoms. The topological polar surface area (TPSA) is 128 Å². The Morgan fingerprint density at radius 2 is 2.00 bits per heavy atom. The lowest BCUT2D eigenvalue weighted by Crippen LogP contribution is -2.21. The van der Waals surface area contributed by atoms with Gasteiger partial charge in [0.25, 0.3) is 11.2 Å². The summed E-state index contributed by atoms with van der Waals surface area (Å²) >= 11 is 0. The third-order valence-corrected chi connectivity index (χ3v) is 3.62. The number of non-ortho nitro benzene ring substituents is 1. The molecule has 0 saturated heterocycles. The van der Waals surface area contributed by atoms with Crippen LogP contribution in [-0.2, 0) is 0 Å². The number of nitro benzene ring substituents is 1. The number of pyridine rings is 1. The van der Waals surface area contributed by atoms with Crippen LogP contribution >= 0.6 is 0 Å². The zero-order chi connectivity index (χ0) is 16.3. The quantitative estimate of drug-likeness (QED) is 0.409. The minimum Gasteiger partial charge on any atom is -0.493 e. The minimum atomic E-state index is -0.620. The largest absolute Gasteiger partial charge is 0.493 e. The fourth-order valence-electron chi connectivity index (χ4n) is 2.59. The zero-order valence-corrected chi connectivity index (χ0v) is 11.3. The van der Waals surface area contributed by atoms with Crippen LogP contribution in [0, 0.1) is 10.1 Å². The average Bonchev–Trinajstić information content (AvgIpc) is 2.81. The molecule has 0 amide bonds. The number of ketones is 1. The molecule has 0 unspecified atom stereocenters. The molecule has 0 atom stereocenters. The SMILES string of the molecule is O=C1c2cc([N+](=O)[O-])ccc2-n2c1nc1cnc(O)cc1c2=O. The number of carbonyl (C=O) groups excluding carboxylic acids is 1. The predicted molar refractivity (Wildman–Crippen MR) is 76.9 cm³/mol. The molecule has 1 aliphatic heterocycles. The Morgan fingerprint density at radius 3 is 2.74 bits per heavy atom. The highest BCUT2D eigenvalue weighted by atomic mass is 16.6. The van der Waals surface area contributed by atoms with Crippen molar-refractivity contribution in [3.8, 4) is 11.6 Å². The van der Waals surface area contributed by atoms with E-state index in [4.69, 9.17) is 0 Å². The summed E-state index contributed by atoms with van der Waals surface area (Å²) in [5.74, 6) is -1.05. The first-order valence-electron chi connectivity index (χ1n) is 6.42. The predicted octanol–water partition coefficient (Wildman–Crippen LogP) is 0.939. The van der Waals surface area contributed by atoms with Crippen molar-refractivity contribution in [2.45, 2.75) is 0 Å². The van der Waals surface area contributed by atoms with E-state index in [2.05, 4.69) is 9.97 Å². The van der Waals surface area contributed by atoms with Gasteiger partial charge in [-0.1, -0.05) is 0 Å². The van der Waals surface area contributed by atoms with E-state index in [0.717, 1.165) is 16.7 Å². The van der Waals surface area contributed by atoms with Crippen LogP contribution in [0.2, 0.25) is 0 Å². The summed E-state index contributed by atoms with van der Waals surface area (Å²) in [6.07, 6.45) is 1.19. The molecule has 3 heterocycles. The van der Waals surface area contributed by atoms with Gasteiger partial charge in [-0.2, -0.15) is 0 Å². The number of aromatic nitrogens is 3. The van der Waals surface area contributed by atoms with Crippen LogP contribution in [0.3, 0.4) is 0 Å². The van der Waals surface area contributed by atoms with Crippen LogP contribution in [-0.4, -0.2) is 30.3 Å². The number of fused-ring (bicyclic) bond motifs is 4. The molecule has 1 N–H and O–H groups in total. The second-order valence-electron chi connectivity index (χ2n) is 4.92. The third-order valence-electron chi connectivity index (χ3n) is 3.62. The lowest BCUT2D eigenvalue weighted by Gasteiger charge is -2.05. The molecular formula is C14H6N4O5. The standard InChI is InChI=1S/C14H6N4O5/c19-11-4-7-9(5-15-11)16-13-12(20)8-3-6(18(22)23)1-2-10(8)17(13)14(7)21/h1-5H,(H,15,19). The first-order valence-corrected chi connectivity index (χ1v) is 6.42. The molecule has 1 aromatic carbocycles. The minimum absolute atomic E-state index is 0.0382. The lowest BCUT2D eigenvalue weighted by atomic mass is 10.1. The molecule has 9 heteroatoms. The number of aromatic hydroxyl groups is 1. The van der Waals surface area contributed by atoms with Gasteiger partial charge in [0.1, 0.15) is 0 Å². The van der Waals surface area contributed by atoms with Crippen molar-refractivity contribution in [3.05, 3.63) is 62.3 Å². The molecule has 0 fully saturated rings. The van der Waals surface area contributed by atoms with Gasteiger partial charge < -0.3 is 5.11 Å². The summed E-state index contributed by atoms with van der Waals surface area (Å²) in [7, 11) is 0. The monoisotopic (exact) mass is 310 g/mol. The Bertz CT molecular complexity index is 1100. The fraction of sp³-hybridized carbons (Fsp3) is 0. The summed E-state index contributed by atoms with van der Waals surface area (Å²) in [6, 6.07) is 4.82. The number of carbonyl (C=O) groups is 1. The molecule has 112 valence electrons. The molecule has 0 aliphatic carbocycles. The summed E-state index contributed by atoms with van der Waals surface area (Å²) in [6.45, 7) is 0. The van der Waals surface area contributed by atoms with Crippen LogP contribution in [0.1, 0.15) is 16.2 Å². The van der Waals surface area contributed by atoms with Crippen molar-refractivity contribution in [1.82, 2.24) is 14.5 Å². The molecular weight excluding hydrogens is 304 g/mol. The van der Waals surface area contributed by atoms with Crippen molar-refractivity contribution < 1.29 is 14.8 Å². The molecule has 0 bridgehead atoms. The average molecular weight is 310 g/mol. The van der Waals surface area contributed by atoms with Gasteiger partial charge in [0.05, 0.1) is 33.3 Å². The Balaban J connectivity index is 2.10. The number of hydrogen-bond acceptors (Lipinski definition) is 7. The van der Waals surface area contributed by atoms with E-state index in [1.807, 2.05) is 0 Å². The first-order chi connectivity index (χ1) is 11.0. The second-order valence-corrected chi connectivity index (χ2v) is 4.92. The van der Waals surface area contributed by atoms with E-state index in [1.165, 1.54) is 18.3 Å². The molecule has 9 nitrogen and oxygen atoms in total. The smallest absolute Gasteiger partial charge is 0.270 e. The molecule has 1 aliphatic rings. The van der Waals surface area contributed by atoms with Gasteiger partial charge in [-0.25, -0.2) is 9.97 Å². The van der Waals surface area contributed by atoms with Gasteiger partial charge in [-0.15, -0.1) is 0 Å². The van der Waals surface area contributed by atoms with E-state index < -0.39 is 16.3 Å². The summed E-state index contributed by atoms with van der Waals surface area (Å²) < 4.78 is 1.09. The molecule has 3 aromatic rings. The molecule has 0 spiro atoms. The van der Waals surface area contributed by atoms with Gasteiger partial charge in [-0.3, -0.25) is 24.3 Å². The van der Waals surface area contributed by atoms with Crippen LogP contribution < -0.4 is 5.56 Å².